The Balaban J connectivity index is 4.03. The molecule has 15 heavy (non-hydrogen) atoms. The van der Waals surface area contributed by atoms with Gasteiger partial charge in [-0.25, -0.2) is 0 Å². The molecule has 0 heterocycles. The van der Waals surface area contributed by atoms with E-state index in [0.29, 0.717) is 0 Å². The summed E-state index contributed by atoms with van der Waals surface area (Å²) < 4.78 is 0. The van der Waals surface area contributed by atoms with E-state index >= 15 is 0 Å². The van der Waals surface area contributed by atoms with E-state index in [0.717, 1.165) is 18.4 Å². The van der Waals surface area contributed by atoms with E-state index in [2.05, 4.69) is 19.9 Å². The van der Waals surface area contributed by atoms with Gasteiger partial charge in [-0.05, 0) is 46.6 Å². The number of rotatable bonds is 6. The molecule has 0 aromatic carbocycles. The molecule has 0 aliphatic rings. The van der Waals surface area contributed by atoms with Crippen LogP contribution in [0.25, 0.3) is 0 Å². The van der Waals surface area contributed by atoms with E-state index < -0.39 is 0 Å². The van der Waals surface area contributed by atoms with E-state index in [1.54, 1.807) is 6.08 Å². The first-order valence-corrected chi connectivity index (χ1v) is 5.24. The molecule has 0 radical (unpaired) electrons. The van der Waals surface area contributed by atoms with Crippen molar-refractivity contribution < 1.29 is 9.59 Å². The molecule has 0 spiro atoms. The molecule has 0 aromatic rings. The zero-order valence-corrected chi connectivity index (χ0v) is 10.1. The summed E-state index contributed by atoms with van der Waals surface area (Å²) in [5, 5.41) is 0. The lowest BCUT2D eigenvalue weighted by molar-refractivity contribution is -0.123. The maximum absolute atomic E-state index is 11.2. The highest BCUT2D eigenvalue weighted by Crippen LogP contribution is 2.07. The second kappa shape index (κ2) is 7.16. The average Bonchev–Trinajstić information content (AvgIpc) is 2.00. The lowest BCUT2D eigenvalue weighted by Crippen LogP contribution is -2.01. The predicted molar refractivity (Wildman–Crippen MR) is 62.7 cm³/mol. The summed E-state index contributed by atoms with van der Waals surface area (Å²) >= 11 is 0. The van der Waals surface area contributed by atoms with Crippen LogP contribution in [-0.4, -0.2) is 11.6 Å². The smallest absolute Gasteiger partial charge is 0.162 e. The monoisotopic (exact) mass is 208 g/mol. The molecule has 0 amide bonds. The maximum atomic E-state index is 11.2. The van der Waals surface area contributed by atoms with Crippen molar-refractivity contribution in [3.63, 3.8) is 0 Å². The van der Waals surface area contributed by atoms with Crippen LogP contribution in [0.5, 0.6) is 0 Å². The van der Waals surface area contributed by atoms with Crippen LogP contribution in [0, 0.1) is 0 Å². The number of allylic oxidation sites excluding steroid dienone is 4. The van der Waals surface area contributed by atoms with Crippen LogP contribution in [0.3, 0.4) is 0 Å². The summed E-state index contributed by atoms with van der Waals surface area (Å²) in [5.41, 5.74) is 2.33. The maximum Gasteiger partial charge on any atom is 0.162 e. The molecule has 84 valence electrons. The molecule has 0 saturated carbocycles. The van der Waals surface area contributed by atoms with Gasteiger partial charge >= 0.3 is 0 Å². The fourth-order valence-corrected chi connectivity index (χ4v) is 1.23. The second-order valence-corrected chi connectivity index (χ2v) is 4.16. The Morgan fingerprint density at radius 3 is 2.13 bits per heavy atom. The van der Waals surface area contributed by atoms with Crippen molar-refractivity contribution in [2.75, 3.05) is 0 Å². The molecule has 0 N–H and O–H groups in total. The minimum Gasteiger partial charge on any atom is -0.300 e. The zero-order chi connectivity index (χ0) is 11.8. The van der Waals surface area contributed by atoms with Crippen molar-refractivity contribution in [1.29, 1.82) is 0 Å². The van der Waals surface area contributed by atoms with Crippen LogP contribution >= 0.6 is 0 Å². The Bertz CT molecular complexity index is 292. The molecule has 0 aromatic heterocycles. The topological polar surface area (TPSA) is 34.1 Å². The van der Waals surface area contributed by atoms with Gasteiger partial charge in [-0.15, -0.1) is 0 Å². The molecule has 2 heteroatoms. The Morgan fingerprint density at radius 2 is 1.67 bits per heavy atom. The number of Topliss-reactive ketones (excluding diaryl/α,β-unsaturated/α-hetero) is 1. The van der Waals surface area contributed by atoms with Gasteiger partial charge < -0.3 is 0 Å². The molecule has 0 atom stereocenters. The molecule has 0 aliphatic heterocycles. The molecule has 2 nitrogen and oxygen atoms in total. The van der Waals surface area contributed by atoms with Gasteiger partial charge in [-0.1, -0.05) is 17.2 Å². The number of carbonyl (C=O) groups is 2. The van der Waals surface area contributed by atoms with Crippen LogP contribution in [0.1, 0.15) is 47.0 Å². The lowest BCUT2D eigenvalue weighted by atomic mass is 10.1. The number of hydrogen-bond acceptors (Lipinski definition) is 2. The Hall–Kier alpha value is -1.18. The number of carbonyl (C=O) groups excluding carboxylic acids is 2. The van der Waals surface area contributed by atoms with Gasteiger partial charge in [-0.3, -0.25) is 9.59 Å². The van der Waals surface area contributed by atoms with Crippen LogP contribution < -0.4 is 0 Å². The minimum atomic E-state index is -0.0859. The van der Waals surface area contributed by atoms with E-state index in [1.807, 2.05) is 6.92 Å². The largest absolute Gasteiger partial charge is 0.300 e. The van der Waals surface area contributed by atoms with E-state index in [1.165, 1.54) is 12.5 Å². The first kappa shape index (κ1) is 13.8. The Labute approximate surface area is 92.1 Å². The van der Waals surface area contributed by atoms with Gasteiger partial charge in [0, 0.05) is 0 Å². The first-order valence-electron chi connectivity index (χ1n) is 5.24. The van der Waals surface area contributed by atoms with E-state index in [-0.39, 0.29) is 18.0 Å². The molecule has 0 saturated heterocycles. The number of hydrogen-bond donors (Lipinski definition) is 0. The fourth-order valence-electron chi connectivity index (χ4n) is 1.23. The summed E-state index contributed by atoms with van der Waals surface area (Å²) in [6.07, 6.45) is 5.60. The third-order valence-corrected chi connectivity index (χ3v) is 1.92. The van der Waals surface area contributed by atoms with Gasteiger partial charge in [0.1, 0.15) is 5.78 Å². The fraction of sp³-hybridized carbons (Fsp3) is 0.538. The SMILES string of the molecule is CC(=O)CC(=O)/C=C(\C)CCC=C(C)C. The molecule has 0 unspecified atom stereocenters. The third-order valence-electron chi connectivity index (χ3n) is 1.92. The third kappa shape index (κ3) is 9.13. The van der Waals surface area contributed by atoms with Gasteiger partial charge in [0.05, 0.1) is 6.42 Å². The summed E-state index contributed by atoms with van der Waals surface area (Å²) in [6, 6.07) is 0. The van der Waals surface area contributed by atoms with Crippen LogP contribution in [-0.2, 0) is 9.59 Å². The van der Waals surface area contributed by atoms with Crippen molar-refractivity contribution in [1.82, 2.24) is 0 Å². The summed E-state index contributed by atoms with van der Waals surface area (Å²) in [6.45, 7) is 7.47. The van der Waals surface area contributed by atoms with Crippen molar-refractivity contribution in [3.8, 4) is 0 Å². The van der Waals surface area contributed by atoms with Crippen molar-refractivity contribution in [3.05, 3.63) is 23.3 Å². The summed E-state index contributed by atoms with van der Waals surface area (Å²) in [5.74, 6) is -0.162. The normalized spacial score (nSPS) is 11.1. The van der Waals surface area contributed by atoms with E-state index in [4.69, 9.17) is 0 Å². The number of ketones is 2. The Morgan fingerprint density at radius 1 is 1.07 bits per heavy atom. The highest BCUT2D eigenvalue weighted by molar-refractivity contribution is 6.03. The quantitative estimate of drug-likeness (QED) is 0.381. The zero-order valence-electron chi connectivity index (χ0n) is 10.1. The van der Waals surface area contributed by atoms with Gasteiger partial charge in [-0.2, -0.15) is 0 Å². The first-order chi connectivity index (χ1) is 6.91. The molecule has 0 aliphatic carbocycles. The highest BCUT2D eigenvalue weighted by atomic mass is 16.1. The van der Waals surface area contributed by atoms with Crippen LogP contribution in [0.4, 0.5) is 0 Å². The molecular weight excluding hydrogens is 188 g/mol. The van der Waals surface area contributed by atoms with Crippen molar-refractivity contribution >= 4 is 11.6 Å². The summed E-state index contributed by atoms with van der Waals surface area (Å²) in [4.78, 5) is 21.9. The Kier molecular flexibility index (Phi) is 6.59. The van der Waals surface area contributed by atoms with Crippen LogP contribution in [0.2, 0.25) is 0 Å². The van der Waals surface area contributed by atoms with Gasteiger partial charge in [0.2, 0.25) is 0 Å². The van der Waals surface area contributed by atoms with Crippen LogP contribution in [0.15, 0.2) is 23.3 Å². The average molecular weight is 208 g/mol. The van der Waals surface area contributed by atoms with E-state index in [9.17, 15) is 9.59 Å². The predicted octanol–water partition coefficient (Wildman–Crippen LogP) is 3.23. The van der Waals surface area contributed by atoms with Crippen molar-refractivity contribution in [2.24, 2.45) is 0 Å². The van der Waals surface area contributed by atoms with Gasteiger partial charge in [0.15, 0.2) is 5.78 Å². The molecule has 0 rings (SSSR count). The minimum absolute atomic E-state index is 0.0278. The molecular formula is C13H20O2. The molecule has 0 fully saturated rings. The summed E-state index contributed by atoms with van der Waals surface area (Å²) in [7, 11) is 0. The molecule has 0 bridgehead atoms. The second-order valence-electron chi connectivity index (χ2n) is 4.16. The van der Waals surface area contributed by atoms with Crippen molar-refractivity contribution in [2.45, 2.75) is 47.0 Å². The van der Waals surface area contributed by atoms with Gasteiger partial charge in [0.25, 0.3) is 0 Å². The standard InChI is InChI=1S/C13H20O2/c1-10(2)6-5-7-11(3)8-13(15)9-12(4)14/h6,8H,5,7,9H2,1-4H3/b11-8+. The lowest BCUT2D eigenvalue weighted by Gasteiger charge is -1.98. The highest BCUT2D eigenvalue weighted by Gasteiger charge is 2.01.